The lowest BCUT2D eigenvalue weighted by atomic mass is 9.83. The van der Waals surface area contributed by atoms with Gasteiger partial charge in [0.15, 0.2) is 0 Å². The molecule has 28 heavy (non-hydrogen) atoms. The summed E-state index contributed by atoms with van der Waals surface area (Å²) < 4.78 is 7.20. The van der Waals surface area contributed by atoms with E-state index in [4.69, 9.17) is 10.5 Å². The molecule has 0 bridgehead atoms. The minimum atomic E-state index is -0.780. The summed E-state index contributed by atoms with van der Waals surface area (Å²) in [6, 6.07) is 15.0. The van der Waals surface area contributed by atoms with E-state index < -0.39 is 10.8 Å². The van der Waals surface area contributed by atoms with Crippen molar-refractivity contribution in [1.29, 1.82) is 5.26 Å². The van der Waals surface area contributed by atoms with E-state index in [2.05, 4.69) is 0 Å². The second-order valence-electron chi connectivity index (χ2n) is 6.40. The van der Waals surface area contributed by atoms with Crippen molar-refractivity contribution in [3.63, 3.8) is 0 Å². The molecule has 1 unspecified atom stereocenters. The molecule has 3 aromatic rings. The number of nitro groups is 1. The zero-order valence-electron chi connectivity index (χ0n) is 14.7. The summed E-state index contributed by atoms with van der Waals surface area (Å²) >= 11 is 0. The highest BCUT2D eigenvalue weighted by atomic mass is 16.6. The van der Waals surface area contributed by atoms with E-state index in [1.54, 1.807) is 13.1 Å². The van der Waals surface area contributed by atoms with E-state index >= 15 is 0 Å². The normalized spacial score (nSPS) is 15.6. The molecule has 1 aliphatic rings. The fraction of sp³-hybridized carbons (Fsp3) is 0.100. The topological polar surface area (TPSA) is 124 Å². The van der Waals surface area contributed by atoms with Crippen LogP contribution in [0.5, 0.6) is 5.75 Å². The number of nitro benzene ring substituents is 1. The number of rotatable bonds is 2. The van der Waals surface area contributed by atoms with Crippen molar-refractivity contribution in [1.82, 2.24) is 4.57 Å². The first kappa shape index (κ1) is 17.3. The molecule has 0 aliphatic carbocycles. The third-order valence-corrected chi connectivity index (χ3v) is 4.90. The number of hydrogen-bond donors (Lipinski definition) is 1. The predicted octanol–water partition coefficient (Wildman–Crippen LogP) is 2.66. The highest BCUT2D eigenvalue weighted by Crippen LogP contribution is 2.43. The van der Waals surface area contributed by atoms with Crippen molar-refractivity contribution in [3.8, 4) is 11.8 Å². The molecule has 2 N–H and O–H groups in total. The Bertz CT molecular complexity index is 1270. The van der Waals surface area contributed by atoms with Gasteiger partial charge in [0.25, 0.3) is 11.2 Å². The van der Waals surface area contributed by atoms with Crippen LogP contribution < -0.4 is 16.0 Å². The highest BCUT2D eigenvalue weighted by molar-refractivity contribution is 5.88. The molecule has 0 fully saturated rings. The van der Waals surface area contributed by atoms with Gasteiger partial charge in [-0.1, -0.05) is 24.3 Å². The Kier molecular flexibility index (Phi) is 3.86. The Morgan fingerprint density at radius 3 is 2.54 bits per heavy atom. The lowest BCUT2D eigenvalue weighted by Gasteiger charge is -2.27. The number of nitriles is 1. The van der Waals surface area contributed by atoms with Crippen molar-refractivity contribution in [2.45, 2.75) is 5.92 Å². The Balaban J connectivity index is 2.06. The van der Waals surface area contributed by atoms with Crippen LogP contribution in [0, 0.1) is 21.4 Å². The molecule has 2 aromatic carbocycles. The summed E-state index contributed by atoms with van der Waals surface area (Å²) in [7, 11) is 1.64. The van der Waals surface area contributed by atoms with E-state index in [1.807, 2.05) is 24.3 Å². The number of para-hydroxylation sites is 1. The molecule has 8 heteroatoms. The molecule has 0 spiro atoms. The third-order valence-electron chi connectivity index (χ3n) is 4.90. The molecular weight excluding hydrogens is 360 g/mol. The van der Waals surface area contributed by atoms with Crippen LogP contribution in [0.2, 0.25) is 0 Å². The first-order valence-electron chi connectivity index (χ1n) is 8.37. The van der Waals surface area contributed by atoms with Gasteiger partial charge in [0.05, 0.1) is 21.9 Å². The van der Waals surface area contributed by atoms with Gasteiger partial charge in [0, 0.05) is 24.6 Å². The molecule has 4 rings (SSSR count). The number of aromatic nitrogens is 1. The fourth-order valence-corrected chi connectivity index (χ4v) is 3.55. The molecule has 1 aromatic heterocycles. The average Bonchev–Trinajstić information content (AvgIpc) is 2.71. The van der Waals surface area contributed by atoms with E-state index in [1.165, 1.54) is 28.8 Å². The van der Waals surface area contributed by atoms with Crippen LogP contribution in [0.4, 0.5) is 5.69 Å². The predicted molar refractivity (Wildman–Crippen MR) is 102 cm³/mol. The van der Waals surface area contributed by atoms with Gasteiger partial charge in [-0.15, -0.1) is 0 Å². The SMILES string of the molecule is Cn1c(=O)c2c(c3ccccc31)OC(N)=C(C#N)C2c1ccc([N+](=O)[O-])cc1. The third kappa shape index (κ3) is 2.41. The maximum atomic E-state index is 13.2. The van der Waals surface area contributed by atoms with Crippen LogP contribution in [-0.2, 0) is 7.05 Å². The maximum absolute atomic E-state index is 13.2. The first-order chi connectivity index (χ1) is 13.4. The number of benzene rings is 2. The van der Waals surface area contributed by atoms with Crippen LogP contribution in [0.25, 0.3) is 10.9 Å². The number of hydrogen-bond acceptors (Lipinski definition) is 6. The summed E-state index contributed by atoms with van der Waals surface area (Å²) in [5.41, 5.74) is 7.18. The zero-order chi connectivity index (χ0) is 20.0. The molecule has 2 heterocycles. The summed E-state index contributed by atoms with van der Waals surface area (Å²) in [5.74, 6) is -0.562. The lowest BCUT2D eigenvalue weighted by Crippen LogP contribution is -2.31. The number of nitrogens with zero attached hydrogens (tertiary/aromatic N) is 3. The van der Waals surface area contributed by atoms with Gasteiger partial charge < -0.3 is 15.0 Å². The number of pyridine rings is 1. The smallest absolute Gasteiger partial charge is 0.269 e. The van der Waals surface area contributed by atoms with E-state index in [0.717, 1.165) is 0 Å². The molecule has 138 valence electrons. The molecule has 0 radical (unpaired) electrons. The van der Waals surface area contributed by atoms with E-state index in [9.17, 15) is 20.2 Å². The van der Waals surface area contributed by atoms with Crippen molar-refractivity contribution in [2.24, 2.45) is 12.8 Å². The summed E-state index contributed by atoms with van der Waals surface area (Å²) in [6.45, 7) is 0. The number of nitrogens with two attached hydrogens (primary N) is 1. The standard InChI is InChI=1S/C20H14N4O4/c1-23-15-5-3-2-4-13(15)18-17(20(23)25)16(14(10-21)19(22)28-18)11-6-8-12(9-7-11)24(26)27/h2-9,16H,22H2,1H3. The van der Waals surface area contributed by atoms with Crippen molar-refractivity contribution in [2.75, 3.05) is 0 Å². The van der Waals surface area contributed by atoms with Crippen LogP contribution in [0.1, 0.15) is 17.0 Å². The quantitative estimate of drug-likeness (QED) is 0.543. The largest absolute Gasteiger partial charge is 0.439 e. The van der Waals surface area contributed by atoms with Crippen molar-refractivity contribution >= 4 is 16.6 Å². The van der Waals surface area contributed by atoms with Crippen molar-refractivity contribution in [3.05, 3.63) is 91.6 Å². The van der Waals surface area contributed by atoms with Gasteiger partial charge >= 0.3 is 0 Å². The molecule has 0 saturated heterocycles. The minimum absolute atomic E-state index is 0.0853. The van der Waals surface area contributed by atoms with Crippen LogP contribution in [-0.4, -0.2) is 9.49 Å². The van der Waals surface area contributed by atoms with Crippen LogP contribution in [0.3, 0.4) is 0 Å². The van der Waals surface area contributed by atoms with Gasteiger partial charge in [-0.2, -0.15) is 5.26 Å². The maximum Gasteiger partial charge on any atom is 0.269 e. The van der Waals surface area contributed by atoms with Crippen LogP contribution >= 0.6 is 0 Å². The Morgan fingerprint density at radius 2 is 1.89 bits per heavy atom. The van der Waals surface area contributed by atoms with E-state index in [-0.39, 0.29) is 28.3 Å². The molecule has 1 atom stereocenters. The van der Waals surface area contributed by atoms with Gasteiger partial charge in [0.2, 0.25) is 5.88 Å². The second-order valence-corrected chi connectivity index (χ2v) is 6.40. The summed E-state index contributed by atoms with van der Waals surface area (Å²) in [5, 5.41) is 21.3. The van der Waals surface area contributed by atoms with E-state index in [0.29, 0.717) is 22.2 Å². The second kappa shape index (κ2) is 6.25. The Labute approximate surface area is 158 Å². The fourth-order valence-electron chi connectivity index (χ4n) is 3.55. The summed E-state index contributed by atoms with van der Waals surface area (Å²) in [4.78, 5) is 23.6. The lowest BCUT2D eigenvalue weighted by molar-refractivity contribution is -0.384. The monoisotopic (exact) mass is 374 g/mol. The molecule has 0 saturated carbocycles. The van der Waals surface area contributed by atoms with Gasteiger partial charge in [-0.3, -0.25) is 14.9 Å². The number of non-ortho nitro benzene ring substituents is 1. The van der Waals surface area contributed by atoms with Crippen molar-refractivity contribution < 1.29 is 9.66 Å². The Morgan fingerprint density at radius 1 is 1.21 bits per heavy atom. The number of allylic oxidation sites excluding steroid dienone is 1. The van der Waals surface area contributed by atoms with Gasteiger partial charge in [0.1, 0.15) is 17.4 Å². The first-order valence-corrected chi connectivity index (χ1v) is 8.37. The average molecular weight is 374 g/mol. The number of ether oxygens (including phenoxy) is 1. The molecule has 1 aliphatic heterocycles. The molecule has 8 nitrogen and oxygen atoms in total. The van der Waals surface area contributed by atoms with Gasteiger partial charge in [-0.25, -0.2) is 0 Å². The van der Waals surface area contributed by atoms with Crippen LogP contribution in [0.15, 0.2) is 64.8 Å². The Hall–Kier alpha value is -4.12. The number of fused-ring (bicyclic) bond motifs is 3. The minimum Gasteiger partial charge on any atom is -0.439 e. The molecule has 0 amide bonds. The zero-order valence-corrected chi connectivity index (χ0v) is 14.7. The number of aryl methyl sites for hydroxylation is 1. The van der Waals surface area contributed by atoms with Gasteiger partial charge in [-0.05, 0) is 17.7 Å². The highest BCUT2D eigenvalue weighted by Gasteiger charge is 2.35. The molecular formula is C20H14N4O4. The summed E-state index contributed by atoms with van der Waals surface area (Å²) in [6.07, 6.45) is 0.